The van der Waals surface area contributed by atoms with Gasteiger partial charge < -0.3 is 5.73 Å². The molecule has 13 heavy (non-hydrogen) atoms. The normalized spacial score (nSPS) is 12.6. The number of ketones is 1. The maximum Gasteiger partial charge on any atom is 0.151 e. The fourth-order valence-electron chi connectivity index (χ4n) is 1.10. The largest absolute Gasteiger partial charge is 0.318 e. The maximum atomic E-state index is 11.0. The number of carbonyl (C=O) groups excluding carboxylic acids is 1. The monoisotopic (exact) mass is 197 g/mol. The molecular weight excluding hydrogens is 186 g/mol. The van der Waals surface area contributed by atoms with E-state index in [4.69, 9.17) is 17.3 Å². The lowest BCUT2D eigenvalue weighted by Crippen LogP contribution is -2.18. The van der Waals surface area contributed by atoms with Crippen LogP contribution in [-0.4, -0.2) is 5.78 Å². The molecule has 1 unspecified atom stereocenters. The minimum absolute atomic E-state index is 0.0780. The first-order valence-corrected chi connectivity index (χ1v) is 4.42. The number of nitrogens with two attached hydrogens (primary N) is 1. The van der Waals surface area contributed by atoms with Crippen LogP contribution in [0.2, 0.25) is 5.02 Å². The molecular formula is C10H12ClNO. The molecule has 0 radical (unpaired) electrons. The summed E-state index contributed by atoms with van der Waals surface area (Å²) in [5.74, 6) is -0.0780. The van der Waals surface area contributed by atoms with Gasteiger partial charge in [0.1, 0.15) is 0 Å². The third kappa shape index (κ3) is 2.29. The van der Waals surface area contributed by atoms with Gasteiger partial charge in [0, 0.05) is 5.02 Å². The van der Waals surface area contributed by atoms with Crippen molar-refractivity contribution in [3.8, 4) is 0 Å². The first kappa shape index (κ1) is 10.2. The van der Waals surface area contributed by atoms with Gasteiger partial charge in [-0.1, -0.05) is 23.7 Å². The van der Waals surface area contributed by atoms with Gasteiger partial charge in [0.25, 0.3) is 0 Å². The first-order chi connectivity index (χ1) is 6.02. The third-order valence-corrected chi connectivity index (χ3v) is 2.26. The van der Waals surface area contributed by atoms with E-state index in [0.29, 0.717) is 10.6 Å². The zero-order valence-corrected chi connectivity index (χ0v) is 8.43. The molecule has 0 heterocycles. The molecule has 0 aliphatic rings. The van der Waals surface area contributed by atoms with Gasteiger partial charge in [-0.05, 0) is 31.0 Å². The molecule has 70 valence electrons. The lowest BCUT2D eigenvalue weighted by Gasteiger charge is -2.10. The SMILES string of the molecule is CC(=O)C(N)c1ccc(C)cc1Cl. The quantitative estimate of drug-likeness (QED) is 0.790. The van der Waals surface area contributed by atoms with E-state index in [1.165, 1.54) is 6.92 Å². The van der Waals surface area contributed by atoms with Crippen molar-refractivity contribution in [2.75, 3.05) is 0 Å². The Morgan fingerprint density at radius 1 is 1.54 bits per heavy atom. The molecule has 0 fully saturated rings. The van der Waals surface area contributed by atoms with Crippen LogP contribution in [0.5, 0.6) is 0 Å². The summed E-state index contributed by atoms with van der Waals surface area (Å²) in [6.45, 7) is 3.40. The average molecular weight is 198 g/mol. The van der Waals surface area contributed by atoms with Gasteiger partial charge in [0.2, 0.25) is 0 Å². The Morgan fingerprint density at radius 3 is 2.62 bits per heavy atom. The Bertz CT molecular complexity index is 336. The average Bonchev–Trinajstić information content (AvgIpc) is 2.03. The Morgan fingerprint density at radius 2 is 2.15 bits per heavy atom. The van der Waals surface area contributed by atoms with Crippen LogP contribution in [0.1, 0.15) is 24.1 Å². The Labute approximate surface area is 82.7 Å². The first-order valence-electron chi connectivity index (χ1n) is 4.04. The Balaban J connectivity index is 3.08. The van der Waals surface area contributed by atoms with Gasteiger partial charge in [-0.3, -0.25) is 4.79 Å². The topological polar surface area (TPSA) is 43.1 Å². The van der Waals surface area contributed by atoms with Crippen LogP contribution in [-0.2, 0) is 4.79 Å². The minimum atomic E-state index is -0.604. The number of hydrogen-bond donors (Lipinski definition) is 1. The Kier molecular flexibility index (Phi) is 3.07. The lowest BCUT2D eigenvalue weighted by atomic mass is 10.0. The highest BCUT2D eigenvalue weighted by atomic mass is 35.5. The summed E-state index contributed by atoms with van der Waals surface area (Å²) in [7, 11) is 0. The van der Waals surface area contributed by atoms with Crippen molar-refractivity contribution in [1.29, 1.82) is 0 Å². The van der Waals surface area contributed by atoms with Gasteiger partial charge >= 0.3 is 0 Å². The van der Waals surface area contributed by atoms with E-state index in [1.54, 1.807) is 12.1 Å². The molecule has 0 aliphatic heterocycles. The summed E-state index contributed by atoms with van der Waals surface area (Å²) in [5, 5.41) is 0.558. The van der Waals surface area contributed by atoms with Crippen molar-refractivity contribution < 1.29 is 4.79 Å². The molecule has 0 spiro atoms. The maximum absolute atomic E-state index is 11.0. The molecule has 1 aromatic rings. The number of carbonyl (C=O) groups is 1. The number of aryl methyl sites for hydroxylation is 1. The van der Waals surface area contributed by atoms with Gasteiger partial charge in [-0.25, -0.2) is 0 Å². The molecule has 1 rings (SSSR count). The fourth-order valence-corrected chi connectivity index (χ4v) is 1.46. The van der Waals surface area contributed by atoms with Crippen molar-refractivity contribution in [2.45, 2.75) is 19.9 Å². The number of hydrogen-bond acceptors (Lipinski definition) is 2. The van der Waals surface area contributed by atoms with Crippen molar-refractivity contribution in [3.05, 3.63) is 34.3 Å². The fraction of sp³-hybridized carbons (Fsp3) is 0.300. The summed E-state index contributed by atoms with van der Waals surface area (Å²) in [5.41, 5.74) is 7.41. The molecule has 1 aromatic carbocycles. The third-order valence-electron chi connectivity index (χ3n) is 1.93. The Hall–Kier alpha value is -0.860. The van der Waals surface area contributed by atoms with E-state index < -0.39 is 6.04 Å². The zero-order chi connectivity index (χ0) is 10.0. The molecule has 0 aromatic heterocycles. The van der Waals surface area contributed by atoms with Crippen molar-refractivity contribution in [2.24, 2.45) is 5.73 Å². The standard InChI is InChI=1S/C10H12ClNO/c1-6-3-4-8(9(11)5-6)10(12)7(2)13/h3-5,10H,12H2,1-2H3. The predicted molar refractivity (Wildman–Crippen MR) is 53.8 cm³/mol. The highest BCUT2D eigenvalue weighted by Crippen LogP contribution is 2.22. The van der Waals surface area contributed by atoms with Crippen LogP contribution < -0.4 is 5.73 Å². The summed E-state index contributed by atoms with van der Waals surface area (Å²) >= 11 is 5.94. The molecule has 1 atom stereocenters. The zero-order valence-electron chi connectivity index (χ0n) is 7.67. The predicted octanol–water partition coefficient (Wildman–Crippen LogP) is 2.24. The second kappa shape index (κ2) is 3.90. The van der Waals surface area contributed by atoms with Crippen LogP contribution in [0.25, 0.3) is 0 Å². The molecule has 0 amide bonds. The van der Waals surface area contributed by atoms with E-state index in [9.17, 15) is 4.79 Å². The van der Waals surface area contributed by atoms with Gasteiger partial charge in [0.15, 0.2) is 5.78 Å². The van der Waals surface area contributed by atoms with Crippen LogP contribution >= 0.6 is 11.6 Å². The molecule has 0 saturated heterocycles. The molecule has 2 nitrogen and oxygen atoms in total. The van der Waals surface area contributed by atoms with E-state index in [0.717, 1.165) is 5.56 Å². The van der Waals surface area contributed by atoms with Gasteiger partial charge in [-0.2, -0.15) is 0 Å². The number of benzene rings is 1. The molecule has 0 bridgehead atoms. The number of rotatable bonds is 2. The summed E-state index contributed by atoms with van der Waals surface area (Å²) in [4.78, 5) is 11.0. The number of Topliss-reactive ketones (excluding diaryl/α,β-unsaturated/α-hetero) is 1. The van der Waals surface area contributed by atoms with Crippen molar-refractivity contribution >= 4 is 17.4 Å². The second-order valence-corrected chi connectivity index (χ2v) is 3.52. The van der Waals surface area contributed by atoms with Crippen LogP contribution in [0, 0.1) is 6.92 Å². The highest BCUT2D eigenvalue weighted by Gasteiger charge is 2.13. The van der Waals surface area contributed by atoms with Gasteiger partial charge in [-0.15, -0.1) is 0 Å². The van der Waals surface area contributed by atoms with E-state index in [2.05, 4.69) is 0 Å². The second-order valence-electron chi connectivity index (χ2n) is 3.11. The molecule has 3 heteroatoms. The molecule has 0 saturated carbocycles. The summed E-state index contributed by atoms with van der Waals surface area (Å²) in [6.07, 6.45) is 0. The smallest absolute Gasteiger partial charge is 0.151 e. The van der Waals surface area contributed by atoms with Crippen molar-refractivity contribution in [3.63, 3.8) is 0 Å². The minimum Gasteiger partial charge on any atom is -0.318 e. The van der Waals surface area contributed by atoms with E-state index in [1.807, 2.05) is 13.0 Å². The lowest BCUT2D eigenvalue weighted by molar-refractivity contribution is -0.118. The van der Waals surface area contributed by atoms with E-state index in [-0.39, 0.29) is 5.78 Å². The summed E-state index contributed by atoms with van der Waals surface area (Å²) in [6, 6.07) is 4.89. The summed E-state index contributed by atoms with van der Waals surface area (Å²) < 4.78 is 0. The number of halogens is 1. The van der Waals surface area contributed by atoms with Crippen LogP contribution in [0.15, 0.2) is 18.2 Å². The molecule has 0 aliphatic carbocycles. The van der Waals surface area contributed by atoms with Crippen LogP contribution in [0.4, 0.5) is 0 Å². The highest BCUT2D eigenvalue weighted by molar-refractivity contribution is 6.31. The van der Waals surface area contributed by atoms with Gasteiger partial charge in [0.05, 0.1) is 6.04 Å². The molecule has 2 N–H and O–H groups in total. The van der Waals surface area contributed by atoms with E-state index >= 15 is 0 Å². The van der Waals surface area contributed by atoms with Crippen LogP contribution in [0.3, 0.4) is 0 Å². The van der Waals surface area contributed by atoms with Crippen molar-refractivity contribution in [1.82, 2.24) is 0 Å².